The first kappa shape index (κ1) is 15.9. The molecular formula is C16H29N3S. The lowest BCUT2D eigenvalue weighted by atomic mass is 9.85. The van der Waals surface area contributed by atoms with E-state index in [0.717, 1.165) is 13.0 Å². The van der Waals surface area contributed by atoms with Crippen LogP contribution in [0.5, 0.6) is 0 Å². The fraction of sp³-hybridized carbons (Fsp3) is 0.812. The predicted molar refractivity (Wildman–Crippen MR) is 87.4 cm³/mol. The number of nitrogens with one attached hydrogen (secondary N) is 1. The first-order valence-corrected chi connectivity index (χ1v) is 8.94. The van der Waals surface area contributed by atoms with E-state index in [-0.39, 0.29) is 5.54 Å². The number of rotatable bonds is 8. The molecule has 0 aliphatic carbocycles. The highest BCUT2D eigenvalue weighted by Gasteiger charge is 2.39. The van der Waals surface area contributed by atoms with Crippen LogP contribution in [0.3, 0.4) is 0 Å². The molecule has 1 aromatic rings. The number of likely N-dealkylation sites (tertiary alicyclic amines) is 1. The molecule has 1 fully saturated rings. The van der Waals surface area contributed by atoms with E-state index in [0.29, 0.717) is 6.04 Å². The maximum Gasteiger partial charge on any atom is 0.0794 e. The zero-order valence-corrected chi connectivity index (χ0v) is 14.0. The SMILES string of the molecule is CCCNC(Cc1cncs1)C(C)(CC)N1CCCC1. The molecule has 114 valence electrons. The Morgan fingerprint density at radius 3 is 2.70 bits per heavy atom. The van der Waals surface area contributed by atoms with Crippen LogP contribution in [0.15, 0.2) is 11.7 Å². The third-order valence-electron chi connectivity index (χ3n) is 4.82. The summed E-state index contributed by atoms with van der Waals surface area (Å²) >= 11 is 1.78. The van der Waals surface area contributed by atoms with Crippen molar-refractivity contribution in [3.8, 4) is 0 Å². The van der Waals surface area contributed by atoms with Gasteiger partial charge in [-0.25, -0.2) is 0 Å². The smallest absolute Gasteiger partial charge is 0.0794 e. The van der Waals surface area contributed by atoms with E-state index in [1.165, 1.54) is 43.6 Å². The lowest BCUT2D eigenvalue weighted by Gasteiger charge is -2.45. The lowest BCUT2D eigenvalue weighted by molar-refractivity contribution is 0.0843. The fourth-order valence-corrected chi connectivity index (χ4v) is 3.93. The van der Waals surface area contributed by atoms with E-state index in [2.05, 4.69) is 36.0 Å². The Morgan fingerprint density at radius 2 is 2.15 bits per heavy atom. The minimum absolute atomic E-state index is 0.260. The molecule has 1 aliphatic rings. The number of nitrogens with zero attached hydrogens (tertiary/aromatic N) is 2. The fourth-order valence-electron chi connectivity index (χ4n) is 3.29. The van der Waals surface area contributed by atoms with Gasteiger partial charge in [-0.15, -0.1) is 11.3 Å². The molecule has 1 aromatic heterocycles. The van der Waals surface area contributed by atoms with Gasteiger partial charge in [0.1, 0.15) is 0 Å². The molecule has 1 aliphatic heterocycles. The van der Waals surface area contributed by atoms with Gasteiger partial charge in [0.25, 0.3) is 0 Å². The molecule has 0 aromatic carbocycles. The first-order chi connectivity index (χ1) is 9.70. The zero-order valence-electron chi connectivity index (χ0n) is 13.2. The van der Waals surface area contributed by atoms with E-state index in [9.17, 15) is 0 Å². The molecule has 0 bridgehead atoms. The lowest BCUT2D eigenvalue weighted by Crippen LogP contribution is -2.59. The Balaban J connectivity index is 2.13. The highest BCUT2D eigenvalue weighted by Crippen LogP contribution is 2.30. The molecule has 2 unspecified atom stereocenters. The molecule has 0 radical (unpaired) electrons. The van der Waals surface area contributed by atoms with E-state index >= 15 is 0 Å². The van der Waals surface area contributed by atoms with Crippen LogP contribution in [0.2, 0.25) is 0 Å². The van der Waals surface area contributed by atoms with Crippen LogP contribution >= 0.6 is 11.3 Å². The van der Waals surface area contributed by atoms with Crippen molar-refractivity contribution < 1.29 is 0 Å². The average molecular weight is 295 g/mol. The molecule has 4 heteroatoms. The second-order valence-corrected chi connectivity index (χ2v) is 7.05. The average Bonchev–Trinajstić information content (AvgIpc) is 3.15. The van der Waals surface area contributed by atoms with Crippen molar-refractivity contribution in [3.05, 3.63) is 16.6 Å². The molecule has 1 N–H and O–H groups in total. The summed E-state index contributed by atoms with van der Waals surface area (Å²) in [6, 6.07) is 0.519. The van der Waals surface area contributed by atoms with E-state index in [1.807, 2.05) is 11.7 Å². The number of aromatic nitrogens is 1. The third kappa shape index (κ3) is 3.60. The molecule has 2 atom stereocenters. The summed E-state index contributed by atoms with van der Waals surface area (Å²) < 4.78 is 0. The standard InChI is InChI=1S/C16H29N3S/c1-4-8-18-15(11-14-12-17-13-20-14)16(3,5-2)19-9-6-7-10-19/h12-13,15,18H,4-11H2,1-3H3. The van der Waals surface area contributed by atoms with Crippen LogP contribution in [0.4, 0.5) is 0 Å². The highest BCUT2D eigenvalue weighted by atomic mass is 32.1. The molecule has 2 rings (SSSR count). The van der Waals surface area contributed by atoms with Crippen LogP contribution in [-0.4, -0.2) is 41.1 Å². The van der Waals surface area contributed by atoms with Gasteiger partial charge in [-0.1, -0.05) is 13.8 Å². The molecule has 0 spiro atoms. The van der Waals surface area contributed by atoms with Crippen LogP contribution in [0, 0.1) is 0 Å². The van der Waals surface area contributed by atoms with Crippen molar-refractivity contribution in [3.63, 3.8) is 0 Å². The van der Waals surface area contributed by atoms with Gasteiger partial charge in [0.2, 0.25) is 0 Å². The molecule has 3 nitrogen and oxygen atoms in total. The van der Waals surface area contributed by atoms with Crippen LogP contribution in [0.25, 0.3) is 0 Å². The van der Waals surface area contributed by atoms with Gasteiger partial charge < -0.3 is 5.32 Å². The van der Waals surface area contributed by atoms with Crippen molar-refractivity contribution in [2.24, 2.45) is 0 Å². The number of hydrogen-bond acceptors (Lipinski definition) is 4. The highest BCUT2D eigenvalue weighted by molar-refractivity contribution is 7.09. The van der Waals surface area contributed by atoms with E-state index in [1.54, 1.807) is 11.3 Å². The largest absolute Gasteiger partial charge is 0.312 e. The number of thiazole rings is 1. The van der Waals surface area contributed by atoms with E-state index in [4.69, 9.17) is 0 Å². The van der Waals surface area contributed by atoms with Gasteiger partial charge in [0.05, 0.1) is 5.51 Å². The minimum Gasteiger partial charge on any atom is -0.312 e. The van der Waals surface area contributed by atoms with Gasteiger partial charge in [-0.3, -0.25) is 9.88 Å². The molecule has 20 heavy (non-hydrogen) atoms. The summed E-state index contributed by atoms with van der Waals surface area (Å²) in [5.74, 6) is 0. The zero-order chi connectivity index (χ0) is 14.4. The molecule has 0 saturated carbocycles. The Kier molecular flexibility index (Phi) is 6.00. The summed E-state index contributed by atoms with van der Waals surface area (Å²) in [5.41, 5.74) is 2.21. The Hall–Kier alpha value is -0.450. The topological polar surface area (TPSA) is 28.2 Å². The Morgan fingerprint density at radius 1 is 1.40 bits per heavy atom. The molecule has 2 heterocycles. The first-order valence-electron chi connectivity index (χ1n) is 8.06. The summed E-state index contributed by atoms with van der Waals surface area (Å²) in [7, 11) is 0. The normalized spacial score (nSPS) is 20.9. The summed E-state index contributed by atoms with van der Waals surface area (Å²) in [6.07, 6.45) is 8.25. The van der Waals surface area contributed by atoms with Crippen molar-refractivity contribution in [2.75, 3.05) is 19.6 Å². The van der Waals surface area contributed by atoms with Gasteiger partial charge in [0.15, 0.2) is 0 Å². The Labute approximate surface area is 127 Å². The maximum atomic E-state index is 4.24. The summed E-state index contributed by atoms with van der Waals surface area (Å²) in [5, 5.41) is 3.81. The van der Waals surface area contributed by atoms with Crippen LogP contribution < -0.4 is 5.32 Å². The van der Waals surface area contributed by atoms with Gasteiger partial charge in [-0.2, -0.15) is 0 Å². The van der Waals surface area contributed by atoms with E-state index < -0.39 is 0 Å². The van der Waals surface area contributed by atoms with Gasteiger partial charge in [0, 0.05) is 29.1 Å². The van der Waals surface area contributed by atoms with Crippen molar-refractivity contribution in [1.29, 1.82) is 0 Å². The second-order valence-electron chi connectivity index (χ2n) is 6.08. The molecular weight excluding hydrogens is 266 g/mol. The van der Waals surface area contributed by atoms with Crippen molar-refractivity contribution >= 4 is 11.3 Å². The maximum absolute atomic E-state index is 4.24. The summed E-state index contributed by atoms with van der Waals surface area (Å²) in [4.78, 5) is 8.35. The summed E-state index contributed by atoms with van der Waals surface area (Å²) in [6.45, 7) is 10.7. The quantitative estimate of drug-likeness (QED) is 0.797. The van der Waals surface area contributed by atoms with Crippen molar-refractivity contribution in [1.82, 2.24) is 15.2 Å². The van der Waals surface area contributed by atoms with Crippen LogP contribution in [0.1, 0.15) is 51.3 Å². The van der Waals surface area contributed by atoms with Crippen LogP contribution in [-0.2, 0) is 6.42 Å². The predicted octanol–water partition coefficient (Wildman–Crippen LogP) is 3.32. The van der Waals surface area contributed by atoms with Gasteiger partial charge in [-0.05, 0) is 52.2 Å². The van der Waals surface area contributed by atoms with Crippen molar-refractivity contribution in [2.45, 2.75) is 64.5 Å². The Bertz CT molecular complexity index is 373. The third-order valence-corrected chi connectivity index (χ3v) is 5.63. The molecule has 1 saturated heterocycles. The monoisotopic (exact) mass is 295 g/mol. The van der Waals surface area contributed by atoms with Gasteiger partial charge >= 0.3 is 0 Å². The minimum atomic E-state index is 0.260. The second kappa shape index (κ2) is 7.53. The molecule has 0 amide bonds. The number of hydrogen-bond donors (Lipinski definition) is 1.